The zero-order valence-electron chi connectivity index (χ0n) is 19.3. The first kappa shape index (κ1) is 25.1. The maximum absolute atomic E-state index is 15.2. The van der Waals surface area contributed by atoms with Crippen molar-refractivity contribution in [3.8, 4) is 0 Å². The predicted octanol–water partition coefficient (Wildman–Crippen LogP) is 3.96. The average molecular weight is 573 g/mol. The van der Waals surface area contributed by atoms with Gasteiger partial charge in [-0.1, -0.05) is 29.3 Å². The number of aromatic amines is 1. The van der Waals surface area contributed by atoms with Crippen LogP contribution in [0.3, 0.4) is 0 Å². The Hall–Kier alpha value is -3.19. The standard InChI is InChI=1S/C23H18Cl2F4N6O3/c24-14-2-1-11(5-15(14)25)23(28,29)20-33-32-17(38-20)13-7-34(19(37)16-3-4-30-31-16)8-21(13)9-35(10-21)18(36)12-6-22(12,26)27/h1-5,12-13H,6-10H2,(H,30,31). The van der Waals surface area contributed by atoms with Gasteiger partial charge in [0.2, 0.25) is 11.8 Å². The van der Waals surface area contributed by atoms with E-state index in [1.165, 1.54) is 28.1 Å². The van der Waals surface area contributed by atoms with Crippen LogP contribution in [-0.2, 0) is 10.7 Å². The summed E-state index contributed by atoms with van der Waals surface area (Å²) in [5, 5.41) is 13.8. The number of aromatic nitrogens is 4. The molecule has 1 aliphatic carbocycles. The van der Waals surface area contributed by atoms with Gasteiger partial charge < -0.3 is 14.2 Å². The number of likely N-dealkylation sites (tertiary alicyclic amines) is 2. The molecule has 15 heteroatoms. The molecule has 2 amide bonds. The van der Waals surface area contributed by atoms with Crippen LogP contribution in [0.15, 0.2) is 34.9 Å². The number of nitrogens with one attached hydrogen (secondary N) is 1. The first-order valence-corrected chi connectivity index (χ1v) is 12.3. The lowest BCUT2D eigenvalue weighted by Gasteiger charge is -2.50. The Kier molecular flexibility index (Phi) is 5.55. The molecule has 6 rings (SSSR count). The van der Waals surface area contributed by atoms with Gasteiger partial charge in [-0.2, -0.15) is 13.9 Å². The van der Waals surface area contributed by atoms with Crippen molar-refractivity contribution < 1.29 is 31.6 Å². The van der Waals surface area contributed by atoms with E-state index in [1.54, 1.807) is 0 Å². The molecule has 3 aromatic rings. The molecule has 0 bridgehead atoms. The van der Waals surface area contributed by atoms with E-state index in [0.717, 1.165) is 12.1 Å². The molecule has 1 N–H and O–H groups in total. The maximum Gasteiger partial charge on any atom is 0.349 e. The van der Waals surface area contributed by atoms with E-state index < -0.39 is 58.8 Å². The van der Waals surface area contributed by atoms with Gasteiger partial charge in [-0.3, -0.25) is 14.7 Å². The Bertz CT molecular complexity index is 1430. The van der Waals surface area contributed by atoms with Crippen LogP contribution in [0, 0.1) is 11.3 Å². The number of hydrogen-bond donors (Lipinski definition) is 1. The number of rotatable bonds is 5. The minimum absolute atomic E-state index is 0.0272. The molecule has 4 heterocycles. The van der Waals surface area contributed by atoms with Crippen molar-refractivity contribution in [3.05, 3.63) is 63.5 Å². The van der Waals surface area contributed by atoms with Crippen LogP contribution >= 0.6 is 23.2 Å². The number of carbonyl (C=O) groups is 2. The largest absolute Gasteiger partial charge is 0.419 e. The summed E-state index contributed by atoms with van der Waals surface area (Å²) in [5.74, 6) is -11.0. The lowest BCUT2D eigenvalue weighted by atomic mass is 9.71. The molecule has 2 saturated heterocycles. The number of alkyl halides is 4. The minimum Gasteiger partial charge on any atom is -0.419 e. The molecule has 2 aliphatic heterocycles. The van der Waals surface area contributed by atoms with Crippen molar-refractivity contribution in [2.24, 2.45) is 11.3 Å². The zero-order chi connectivity index (χ0) is 27.0. The number of benzene rings is 1. The number of nitrogens with zero attached hydrogens (tertiary/aromatic N) is 5. The highest BCUT2D eigenvalue weighted by Gasteiger charge is 2.66. The summed E-state index contributed by atoms with van der Waals surface area (Å²) in [7, 11) is 0. The second kappa shape index (κ2) is 8.40. The maximum atomic E-state index is 15.2. The van der Waals surface area contributed by atoms with Crippen molar-refractivity contribution >= 4 is 35.0 Å². The second-order valence-corrected chi connectivity index (χ2v) is 10.7. The molecular formula is C23H18Cl2F4N6O3. The Morgan fingerprint density at radius 1 is 1.08 bits per heavy atom. The fraction of sp³-hybridized carbons (Fsp3) is 0.435. The Morgan fingerprint density at radius 2 is 1.79 bits per heavy atom. The Labute approximate surface area is 222 Å². The van der Waals surface area contributed by atoms with Gasteiger partial charge in [-0.15, -0.1) is 10.2 Å². The van der Waals surface area contributed by atoms with Gasteiger partial charge in [0.15, 0.2) is 0 Å². The fourth-order valence-electron chi connectivity index (χ4n) is 5.22. The molecule has 2 atom stereocenters. The lowest BCUT2D eigenvalue weighted by Crippen LogP contribution is -2.62. The first-order chi connectivity index (χ1) is 17.9. The first-order valence-electron chi connectivity index (χ1n) is 11.5. The van der Waals surface area contributed by atoms with E-state index in [4.69, 9.17) is 27.6 Å². The van der Waals surface area contributed by atoms with Crippen LogP contribution < -0.4 is 0 Å². The highest BCUT2D eigenvalue weighted by atomic mass is 35.5. The van der Waals surface area contributed by atoms with Crippen LogP contribution in [0.25, 0.3) is 0 Å². The van der Waals surface area contributed by atoms with Gasteiger partial charge in [0.1, 0.15) is 11.6 Å². The van der Waals surface area contributed by atoms with Crippen LogP contribution in [0.1, 0.15) is 40.2 Å². The minimum atomic E-state index is -3.70. The van der Waals surface area contributed by atoms with Gasteiger partial charge in [0.25, 0.3) is 17.7 Å². The smallest absolute Gasteiger partial charge is 0.349 e. The molecule has 38 heavy (non-hydrogen) atoms. The van der Waals surface area contributed by atoms with Crippen LogP contribution in [0.2, 0.25) is 10.0 Å². The Morgan fingerprint density at radius 3 is 2.42 bits per heavy atom. The molecule has 1 spiro atoms. The van der Waals surface area contributed by atoms with Crippen molar-refractivity contribution in [3.63, 3.8) is 0 Å². The van der Waals surface area contributed by atoms with Gasteiger partial charge in [0.05, 0.1) is 16.0 Å². The normalized spacial score (nSPS) is 23.5. The summed E-state index contributed by atoms with van der Waals surface area (Å²) in [6.45, 7) is 0.230. The van der Waals surface area contributed by atoms with Gasteiger partial charge in [-0.05, 0) is 18.2 Å². The van der Waals surface area contributed by atoms with Gasteiger partial charge in [0, 0.05) is 49.8 Å². The number of hydrogen-bond acceptors (Lipinski definition) is 6. The highest BCUT2D eigenvalue weighted by Crippen LogP contribution is 2.54. The van der Waals surface area contributed by atoms with Gasteiger partial charge in [-0.25, -0.2) is 8.78 Å². The van der Waals surface area contributed by atoms with Gasteiger partial charge >= 0.3 is 5.92 Å². The number of halogens is 6. The number of carbonyl (C=O) groups excluding carboxylic acids is 2. The van der Waals surface area contributed by atoms with E-state index in [1.807, 2.05) is 0 Å². The number of H-pyrrole nitrogens is 1. The molecule has 200 valence electrons. The highest BCUT2D eigenvalue weighted by molar-refractivity contribution is 6.42. The van der Waals surface area contributed by atoms with Crippen molar-refractivity contribution in [2.75, 3.05) is 26.2 Å². The third-order valence-corrected chi connectivity index (χ3v) is 8.14. The van der Waals surface area contributed by atoms with E-state index in [0.29, 0.717) is 0 Å². The zero-order valence-corrected chi connectivity index (χ0v) is 20.8. The monoisotopic (exact) mass is 572 g/mol. The fourth-order valence-corrected chi connectivity index (χ4v) is 5.52. The summed E-state index contributed by atoms with van der Waals surface area (Å²) in [6, 6.07) is 4.79. The summed E-state index contributed by atoms with van der Waals surface area (Å²) >= 11 is 11.7. The molecular weight excluding hydrogens is 555 g/mol. The SMILES string of the molecule is O=C(c1ccn[nH]1)N1CC(c2nnc(C(F)(F)c3ccc(Cl)c(Cl)c3)o2)C2(C1)CN(C(=O)C1CC1(F)F)C2. The van der Waals surface area contributed by atoms with E-state index in [-0.39, 0.29) is 47.8 Å². The predicted molar refractivity (Wildman–Crippen MR) is 123 cm³/mol. The molecule has 2 aromatic heterocycles. The summed E-state index contributed by atoms with van der Waals surface area (Å²) in [4.78, 5) is 28.3. The topological polar surface area (TPSA) is 108 Å². The summed E-state index contributed by atoms with van der Waals surface area (Å²) in [6.07, 6.45) is 0.908. The molecule has 3 fully saturated rings. The molecule has 2 unspecified atom stereocenters. The van der Waals surface area contributed by atoms with E-state index >= 15 is 8.78 Å². The molecule has 3 aliphatic rings. The molecule has 1 aromatic carbocycles. The van der Waals surface area contributed by atoms with Crippen molar-refractivity contribution in [2.45, 2.75) is 24.2 Å². The lowest BCUT2D eigenvalue weighted by molar-refractivity contribution is -0.147. The molecule has 0 radical (unpaired) electrons. The molecule has 1 saturated carbocycles. The second-order valence-electron chi connectivity index (χ2n) is 9.93. The third kappa shape index (κ3) is 3.94. The Balaban J connectivity index is 1.28. The number of amides is 2. The quantitative estimate of drug-likeness (QED) is 0.463. The van der Waals surface area contributed by atoms with Crippen molar-refractivity contribution in [1.82, 2.24) is 30.2 Å². The average Bonchev–Trinajstić information content (AvgIpc) is 3.38. The summed E-state index contributed by atoms with van der Waals surface area (Å²) < 4.78 is 62.9. The van der Waals surface area contributed by atoms with Crippen molar-refractivity contribution in [1.29, 1.82) is 0 Å². The summed E-state index contributed by atoms with van der Waals surface area (Å²) in [5.41, 5.74) is -1.13. The van der Waals surface area contributed by atoms with Crippen LogP contribution in [-0.4, -0.2) is 74.1 Å². The van der Waals surface area contributed by atoms with Crippen LogP contribution in [0.5, 0.6) is 0 Å². The third-order valence-electron chi connectivity index (χ3n) is 7.40. The van der Waals surface area contributed by atoms with E-state index in [9.17, 15) is 18.4 Å². The van der Waals surface area contributed by atoms with E-state index in [2.05, 4.69) is 20.4 Å². The molecule has 9 nitrogen and oxygen atoms in total. The van der Waals surface area contributed by atoms with Crippen LogP contribution in [0.4, 0.5) is 17.6 Å².